The number of amides is 2. The molecule has 1 atom stereocenters. The summed E-state index contributed by atoms with van der Waals surface area (Å²) in [5.74, 6) is 2.16. The van der Waals surface area contributed by atoms with Crippen LogP contribution in [0.15, 0.2) is 64.0 Å². The minimum Gasteiger partial charge on any atom is -0.489 e. The van der Waals surface area contributed by atoms with Crippen LogP contribution in [0.2, 0.25) is 0 Å². The molecular weight excluding hydrogens is 602 g/mol. The van der Waals surface area contributed by atoms with Crippen molar-refractivity contribution in [1.82, 2.24) is 5.32 Å². The maximum absolute atomic E-state index is 11.9. The second kappa shape index (κ2) is 12.2. The molecule has 2 amide bonds. The number of imide groups is 1. The molecule has 0 bridgehead atoms. The highest BCUT2D eigenvalue weighted by atomic mass is 79.9. The van der Waals surface area contributed by atoms with E-state index in [1.54, 1.807) is 6.08 Å². The molecule has 1 N–H and O–H groups in total. The summed E-state index contributed by atoms with van der Waals surface area (Å²) < 4.78 is 19.9. The van der Waals surface area contributed by atoms with E-state index in [-0.39, 0.29) is 11.1 Å². The summed E-state index contributed by atoms with van der Waals surface area (Å²) in [5.41, 5.74) is 5.93. The number of fused-ring (bicyclic) bond motifs is 1. The van der Waals surface area contributed by atoms with Crippen LogP contribution in [0.4, 0.5) is 4.79 Å². The van der Waals surface area contributed by atoms with Crippen molar-refractivity contribution in [2.45, 2.75) is 46.1 Å². The van der Waals surface area contributed by atoms with E-state index in [1.807, 2.05) is 42.5 Å². The van der Waals surface area contributed by atoms with Crippen LogP contribution in [0, 0.1) is 20.8 Å². The number of carbonyl (C=O) groups is 2. The van der Waals surface area contributed by atoms with Crippen LogP contribution >= 0.6 is 27.7 Å². The summed E-state index contributed by atoms with van der Waals surface area (Å²) in [6.07, 6.45) is 7.47. The van der Waals surface area contributed by atoms with E-state index in [1.165, 1.54) is 5.56 Å². The second-order valence-electron chi connectivity index (χ2n) is 10.5. The fraction of sp³-hybridized carbons (Fsp3) is 0.273. The summed E-state index contributed by atoms with van der Waals surface area (Å²) in [6.45, 7) is 9.24. The molecule has 3 aromatic rings. The monoisotopic (exact) mass is 633 g/mol. The molecule has 1 fully saturated rings. The van der Waals surface area contributed by atoms with Gasteiger partial charge in [0.25, 0.3) is 11.1 Å². The maximum Gasteiger partial charge on any atom is 0.290 e. The lowest BCUT2D eigenvalue weighted by molar-refractivity contribution is -0.115. The molecule has 1 saturated heterocycles. The molecule has 0 aromatic heterocycles. The van der Waals surface area contributed by atoms with Crippen LogP contribution in [-0.4, -0.2) is 30.0 Å². The van der Waals surface area contributed by atoms with Crippen LogP contribution in [-0.2, 0) is 11.2 Å². The minimum absolute atomic E-state index is 0.358. The highest BCUT2D eigenvalue weighted by Crippen LogP contribution is 2.44. The Morgan fingerprint density at radius 1 is 1.02 bits per heavy atom. The zero-order valence-corrected chi connectivity index (χ0v) is 25.9. The zero-order chi connectivity index (χ0) is 29.1. The predicted molar refractivity (Wildman–Crippen MR) is 168 cm³/mol. The Balaban J connectivity index is 1.25. The highest BCUT2D eigenvalue weighted by molar-refractivity contribution is 9.10. The van der Waals surface area contributed by atoms with Crippen molar-refractivity contribution in [3.8, 4) is 17.2 Å². The van der Waals surface area contributed by atoms with Gasteiger partial charge in [-0.15, -0.1) is 0 Å². The fourth-order valence-electron chi connectivity index (χ4n) is 5.01. The summed E-state index contributed by atoms with van der Waals surface area (Å²) >= 11 is 4.48. The van der Waals surface area contributed by atoms with E-state index >= 15 is 0 Å². The first-order valence-electron chi connectivity index (χ1n) is 13.5. The Labute approximate surface area is 253 Å². The quantitative estimate of drug-likeness (QED) is 0.254. The second-order valence-corrected chi connectivity index (χ2v) is 12.4. The number of hydrogen-bond acceptors (Lipinski definition) is 6. The van der Waals surface area contributed by atoms with Gasteiger partial charge < -0.3 is 14.2 Å². The Morgan fingerprint density at radius 3 is 2.51 bits per heavy atom. The van der Waals surface area contributed by atoms with Gasteiger partial charge in [-0.25, -0.2) is 0 Å². The average Bonchev–Trinajstić information content (AvgIpc) is 3.27. The van der Waals surface area contributed by atoms with E-state index in [0.717, 1.165) is 68.4 Å². The Hall–Kier alpha value is -3.49. The summed E-state index contributed by atoms with van der Waals surface area (Å²) in [5, 5.41) is 1.91. The van der Waals surface area contributed by atoms with Crippen molar-refractivity contribution < 1.29 is 23.8 Å². The molecule has 0 saturated carbocycles. The molecule has 2 aliphatic rings. The fourth-order valence-corrected chi connectivity index (χ4v) is 6.20. The molecular formula is C33H32BrNO5S. The van der Waals surface area contributed by atoms with Gasteiger partial charge in [0, 0.05) is 5.56 Å². The first-order valence-corrected chi connectivity index (χ1v) is 15.1. The first kappa shape index (κ1) is 29.0. The standard InChI is InChI=1S/C33H32BrNO5S/c1-20-21(2)30-25(22(3)29(20)38-16-8-11-23-9-6-5-7-10-23)14-15-33(4,40-30)19-39-27-13-12-24(17-26(27)34)18-28-31(36)35-32(37)41-28/h5-13,17-18H,14-16,19H2,1-4H3,(H,35,36,37). The molecule has 2 heterocycles. The molecule has 6 nitrogen and oxygen atoms in total. The summed E-state index contributed by atoms with van der Waals surface area (Å²) in [7, 11) is 0. The zero-order valence-electron chi connectivity index (χ0n) is 23.5. The molecule has 0 spiro atoms. The number of nitrogens with one attached hydrogen (secondary N) is 1. The van der Waals surface area contributed by atoms with Crippen LogP contribution in [0.5, 0.6) is 17.2 Å². The van der Waals surface area contributed by atoms with Crippen molar-refractivity contribution in [3.63, 3.8) is 0 Å². The Morgan fingerprint density at radius 2 is 1.80 bits per heavy atom. The number of rotatable bonds is 8. The third kappa shape index (κ3) is 6.54. The number of carbonyl (C=O) groups excluding carboxylic acids is 2. The van der Waals surface area contributed by atoms with E-state index in [0.29, 0.717) is 23.9 Å². The number of hydrogen-bond donors (Lipinski definition) is 1. The molecule has 0 radical (unpaired) electrons. The van der Waals surface area contributed by atoms with E-state index in [4.69, 9.17) is 14.2 Å². The van der Waals surface area contributed by atoms with Gasteiger partial charge in [-0.3, -0.25) is 14.9 Å². The number of thioether (sulfide) groups is 1. The van der Waals surface area contributed by atoms with Crippen molar-refractivity contribution in [2.24, 2.45) is 0 Å². The molecule has 2 aliphatic heterocycles. The average molecular weight is 635 g/mol. The van der Waals surface area contributed by atoms with Gasteiger partial charge in [-0.1, -0.05) is 42.5 Å². The van der Waals surface area contributed by atoms with Gasteiger partial charge in [0.15, 0.2) is 0 Å². The first-order chi connectivity index (χ1) is 19.6. The topological polar surface area (TPSA) is 73.9 Å². The van der Waals surface area contributed by atoms with Crippen molar-refractivity contribution in [2.75, 3.05) is 13.2 Å². The normalized spacial score (nSPS) is 19.3. The molecule has 212 valence electrons. The number of ether oxygens (including phenoxy) is 3. The van der Waals surface area contributed by atoms with Crippen LogP contribution < -0.4 is 19.5 Å². The van der Waals surface area contributed by atoms with Gasteiger partial charge in [0.2, 0.25) is 0 Å². The summed E-state index contributed by atoms with van der Waals surface area (Å²) in [6, 6.07) is 15.8. The van der Waals surface area contributed by atoms with Crippen molar-refractivity contribution >= 4 is 51.0 Å². The van der Waals surface area contributed by atoms with Gasteiger partial charge in [0.05, 0.1) is 9.38 Å². The van der Waals surface area contributed by atoms with Crippen molar-refractivity contribution in [1.29, 1.82) is 0 Å². The third-order valence-electron chi connectivity index (χ3n) is 7.43. The Kier molecular flexibility index (Phi) is 8.61. The largest absolute Gasteiger partial charge is 0.489 e. The molecule has 3 aromatic carbocycles. The molecule has 8 heteroatoms. The van der Waals surface area contributed by atoms with Crippen molar-refractivity contribution in [3.05, 3.63) is 97.4 Å². The lowest BCUT2D eigenvalue weighted by atomic mass is 9.87. The number of benzene rings is 3. The van der Waals surface area contributed by atoms with Gasteiger partial charge in [-0.2, -0.15) is 0 Å². The van der Waals surface area contributed by atoms with Crippen LogP contribution in [0.1, 0.15) is 46.7 Å². The van der Waals surface area contributed by atoms with Crippen LogP contribution in [0.25, 0.3) is 12.2 Å². The smallest absolute Gasteiger partial charge is 0.290 e. The lowest BCUT2D eigenvalue weighted by Crippen LogP contribution is -2.42. The van der Waals surface area contributed by atoms with Gasteiger partial charge in [-0.05, 0) is 120 Å². The van der Waals surface area contributed by atoms with Gasteiger partial charge in [0.1, 0.15) is 36.1 Å². The number of halogens is 1. The SMILES string of the molecule is Cc1c(C)c2c(c(C)c1OCC=Cc1ccccc1)CCC(C)(COc1ccc(C=C3SC(=O)NC3=O)cc1Br)O2. The minimum atomic E-state index is -0.504. The Bertz CT molecular complexity index is 1570. The molecule has 41 heavy (non-hydrogen) atoms. The molecule has 5 rings (SSSR count). The highest BCUT2D eigenvalue weighted by Gasteiger charge is 2.36. The van der Waals surface area contributed by atoms with E-state index < -0.39 is 5.60 Å². The predicted octanol–water partition coefficient (Wildman–Crippen LogP) is 7.95. The van der Waals surface area contributed by atoms with Crippen LogP contribution in [0.3, 0.4) is 0 Å². The summed E-state index contributed by atoms with van der Waals surface area (Å²) in [4.78, 5) is 23.7. The molecule has 1 unspecified atom stereocenters. The van der Waals surface area contributed by atoms with E-state index in [2.05, 4.69) is 67.2 Å². The lowest BCUT2D eigenvalue weighted by Gasteiger charge is -2.38. The van der Waals surface area contributed by atoms with Gasteiger partial charge >= 0.3 is 0 Å². The van der Waals surface area contributed by atoms with E-state index in [9.17, 15) is 9.59 Å². The third-order valence-corrected chi connectivity index (χ3v) is 8.86. The maximum atomic E-state index is 11.9. The molecule has 0 aliphatic carbocycles.